The highest BCUT2D eigenvalue weighted by atomic mass is 16.5. The molecule has 1 aromatic carbocycles. The summed E-state index contributed by atoms with van der Waals surface area (Å²) in [6, 6.07) is 11.3. The van der Waals surface area contributed by atoms with E-state index in [1.54, 1.807) is 12.4 Å². The molecule has 138 valence electrons. The fourth-order valence-corrected chi connectivity index (χ4v) is 3.24. The molecule has 0 unspecified atom stereocenters. The van der Waals surface area contributed by atoms with Gasteiger partial charge >= 0.3 is 0 Å². The third kappa shape index (κ3) is 5.05. The standard InChI is InChI=1S/C21H27N3O2/c1-2-22-14-17-8-11-24(12-9-17)21(25)19-6-3-7-20(13-19)26-16-18-5-4-10-23-15-18/h3-7,10,13,15,17,22H,2,8-9,11-12,14,16H2,1H3. The summed E-state index contributed by atoms with van der Waals surface area (Å²) in [6.45, 7) is 6.29. The zero-order valence-corrected chi connectivity index (χ0v) is 15.4. The van der Waals surface area contributed by atoms with E-state index in [2.05, 4.69) is 17.2 Å². The number of hydrogen-bond donors (Lipinski definition) is 1. The number of aromatic nitrogens is 1. The van der Waals surface area contributed by atoms with E-state index in [4.69, 9.17) is 4.74 Å². The van der Waals surface area contributed by atoms with E-state index in [-0.39, 0.29) is 5.91 Å². The maximum Gasteiger partial charge on any atom is 0.253 e. The van der Waals surface area contributed by atoms with Gasteiger partial charge in [-0.1, -0.05) is 19.1 Å². The first-order valence-electron chi connectivity index (χ1n) is 9.38. The Balaban J connectivity index is 1.55. The van der Waals surface area contributed by atoms with E-state index in [0.29, 0.717) is 23.8 Å². The largest absolute Gasteiger partial charge is 0.489 e. The summed E-state index contributed by atoms with van der Waals surface area (Å²) in [4.78, 5) is 18.8. The van der Waals surface area contributed by atoms with Crippen molar-refractivity contribution in [3.05, 3.63) is 59.9 Å². The number of rotatable bonds is 7. The number of carbonyl (C=O) groups is 1. The van der Waals surface area contributed by atoms with E-state index in [0.717, 1.165) is 44.6 Å². The van der Waals surface area contributed by atoms with Gasteiger partial charge in [-0.15, -0.1) is 0 Å². The summed E-state index contributed by atoms with van der Waals surface area (Å²) >= 11 is 0. The smallest absolute Gasteiger partial charge is 0.253 e. The van der Waals surface area contributed by atoms with Crippen LogP contribution < -0.4 is 10.1 Å². The van der Waals surface area contributed by atoms with Crippen LogP contribution in [-0.4, -0.2) is 42.0 Å². The van der Waals surface area contributed by atoms with Crippen molar-refractivity contribution in [3.8, 4) is 5.75 Å². The Morgan fingerprint density at radius 3 is 2.85 bits per heavy atom. The molecule has 0 atom stereocenters. The van der Waals surface area contributed by atoms with E-state index >= 15 is 0 Å². The van der Waals surface area contributed by atoms with E-state index in [1.165, 1.54) is 0 Å². The second kappa shape index (κ2) is 9.34. The van der Waals surface area contributed by atoms with E-state index < -0.39 is 0 Å². The third-order valence-electron chi connectivity index (χ3n) is 4.79. The Morgan fingerprint density at radius 2 is 2.12 bits per heavy atom. The topological polar surface area (TPSA) is 54.5 Å². The van der Waals surface area contributed by atoms with Gasteiger partial charge in [0.1, 0.15) is 12.4 Å². The Bertz CT molecular complexity index is 697. The lowest BCUT2D eigenvalue weighted by molar-refractivity contribution is 0.0690. The van der Waals surface area contributed by atoms with Crippen molar-refractivity contribution in [3.63, 3.8) is 0 Å². The maximum absolute atomic E-state index is 12.8. The second-order valence-corrected chi connectivity index (χ2v) is 6.72. The molecule has 26 heavy (non-hydrogen) atoms. The number of carbonyl (C=O) groups excluding carboxylic acids is 1. The maximum atomic E-state index is 12.8. The van der Waals surface area contributed by atoms with Crippen molar-refractivity contribution in [1.29, 1.82) is 0 Å². The molecule has 0 bridgehead atoms. The van der Waals surface area contributed by atoms with Gasteiger partial charge in [0.15, 0.2) is 0 Å². The summed E-state index contributed by atoms with van der Waals surface area (Å²) < 4.78 is 5.81. The highest BCUT2D eigenvalue weighted by Crippen LogP contribution is 2.21. The van der Waals surface area contributed by atoms with Gasteiger partial charge in [-0.25, -0.2) is 0 Å². The summed E-state index contributed by atoms with van der Waals surface area (Å²) in [5, 5.41) is 3.40. The third-order valence-corrected chi connectivity index (χ3v) is 4.79. The van der Waals surface area contributed by atoms with Crippen LogP contribution in [0.1, 0.15) is 35.7 Å². The molecule has 0 saturated carbocycles. The predicted molar refractivity (Wildman–Crippen MR) is 102 cm³/mol. The van der Waals surface area contributed by atoms with Gasteiger partial charge in [-0.3, -0.25) is 9.78 Å². The highest BCUT2D eigenvalue weighted by molar-refractivity contribution is 5.94. The molecule has 2 heterocycles. The molecule has 0 radical (unpaired) electrons. The van der Waals surface area contributed by atoms with Crippen LogP contribution in [0.25, 0.3) is 0 Å². The lowest BCUT2D eigenvalue weighted by atomic mass is 9.96. The second-order valence-electron chi connectivity index (χ2n) is 6.72. The van der Waals surface area contributed by atoms with Crippen LogP contribution in [0.4, 0.5) is 0 Å². The molecular weight excluding hydrogens is 326 g/mol. The number of piperidine rings is 1. The average Bonchev–Trinajstić information content (AvgIpc) is 2.71. The zero-order valence-electron chi connectivity index (χ0n) is 15.4. The SMILES string of the molecule is CCNCC1CCN(C(=O)c2cccc(OCc3cccnc3)c2)CC1. The molecule has 5 nitrogen and oxygen atoms in total. The number of nitrogens with one attached hydrogen (secondary N) is 1. The molecule has 2 aromatic rings. The summed E-state index contributed by atoms with van der Waals surface area (Å²) in [7, 11) is 0. The molecule has 3 rings (SSSR count). The van der Waals surface area contributed by atoms with Crippen molar-refractivity contribution < 1.29 is 9.53 Å². The molecule has 1 aromatic heterocycles. The average molecular weight is 353 g/mol. The number of pyridine rings is 1. The molecule has 1 aliphatic rings. The minimum atomic E-state index is 0.0960. The van der Waals surface area contributed by atoms with Crippen LogP contribution in [0.3, 0.4) is 0 Å². The number of likely N-dealkylation sites (tertiary alicyclic amines) is 1. The Morgan fingerprint density at radius 1 is 1.27 bits per heavy atom. The van der Waals surface area contributed by atoms with Crippen molar-refractivity contribution in [1.82, 2.24) is 15.2 Å². The molecule has 1 N–H and O–H groups in total. The Hall–Kier alpha value is -2.40. The van der Waals surface area contributed by atoms with Crippen LogP contribution in [-0.2, 0) is 6.61 Å². The lowest BCUT2D eigenvalue weighted by Gasteiger charge is -2.32. The summed E-state index contributed by atoms with van der Waals surface area (Å²) in [5.41, 5.74) is 1.70. The molecule has 1 amide bonds. The van der Waals surface area contributed by atoms with E-state index in [1.807, 2.05) is 41.3 Å². The number of nitrogens with zero attached hydrogens (tertiary/aromatic N) is 2. The normalized spacial score (nSPS) is 15.0. The molecule has 5 heteroatoms. The van der Waals surface area contributed by atoms with Crippen molar-refractivity contribution in [2.24, 2.45) is 5.92 Å². The molecule has 1 saturated heterocycles. The molecule has 0 aliphatic carbocycles. The first-order chi connectivity index (χ1) is 12.8. The quantitative estimate of drug-likeness (QED) is 0.831. The molecule has 1 fully saturated rings. The van der Waals surface area contributed by atoms with Crippen LogP contribution in [0.5, 0.6) is 5.75 Å². The number of benzene rings is 1. The first kappa shape index (κ1) is 18.4. The predicted octanol–water partition coefficient (Wildman–Crippen LogP) is 3.12. The number of ether oxygens (including phenoxy) is 1. The first-order valence-corrected chi connectivity index (χ1v) is 9.38. The van der Waals surface area contributed by atoms with Gasteiger partial charge in [0, 0.05) is 36.6 Å². The lowest BCUT2D eigenvalue weighted by Crippen LogP contribution is -2.40. The fourth-order valence-electron chi connectivity index (χ4n) is 3.24. The number of amides is 1. The van der Waals surface area contributed by atoms with Crippen molar-refractivity contribution in [2.45, 2.75) is 26.4 Å². The van der Waals surface area contributed by atoms with E-state index in [9.17, 15) is 4.79 Å². The van der Waals surface area contributed by atoms with Gasteiger partial charge in [-0.2, -0.15) is 0 Å². The van der Waals surface area contributed by atoms with Crippen LogP contribution >= 0.6 is 0 Å². The van der Waals surface area contributed by atoms with Crippen LogP contribution in [0.2, 0.25) is 0 Å². The number of hydrogen-bond acceptors (Lipinski definition) is 4. The monoisotopic (exact) mass is 353 g/mol. The van der Waals surface area contributed by atoms with Gasteiger partial charge in [0.25, 0.3) is 5.91 Å². The van der Waals surface area contributed by atoms with Crippen LogP contribution in [0, 0.1) is 5.92 Å². The van der Waals surface area contributed by atoms with Crippen molar-refractivity contribution >= 4 is 5.91 Å². The molecular formula is C21H27N3O2. The Kier molecular flexibility index (Phi) is 6.61. The Labute approximate surface area is 155 Å². The van der Waals surface area contributed by atoms with Crippen molar-refractivity contribution in [2.75, 3.05) is 26.2 Å². The fraction of sp³-hybridized carbons (Fsp3) is 0.429. The van der Waals surface area contributed by atoms with Crippen LogP contribution in [0.15, 0.2) is 48.8 Å². The molecule has 1 aliphatic heterocycles. The summed E-state index contributed by atoms with van der Waals surface area (Å²) in [5.74, 6) is 1.48. The van der Waals surface area contributed by atoms with Gasteiger partial charge in [0.2, 0.25) is 0 Å². The van der Waals surface area contributed by atoms with Gasteiger partial charge in [0.05, 0.1) is 0 Å². The zero-order chi connectivity index (χ0) is 18.2. The summed E-state index contributed by atoms with van der Waals surface area (Å²) in [6.07, 6.45) is 5.66. The van der Waals surface area contributed by atoms with Gasteiger partial charge < -0.3 is 15.0 Å². The molecule has 0 spiro atoms. The minimum Gasteiger partial charge on any atom is -0.489 e. The van der Waals surface area contributed by atoms with Gasteiger partial charge in [-0.05, 0) is 56.1 Å². The minimum absolute atomic E-state index is 0.0960. The highest BCUT2D eigenvalue weighted by Gasteiger charge is 2.23.